The van der Waals surface area contributed by atoms with Gasteiger partial charge in [0.25, 0.3) is 0 Å². The summed E-state index contributed by atoms with van der Waals surface area (Å²) < 4.78 is 0. The number of hydrogen-bond donors (Lipinski definition) is 0. The molecule has 0 nitrogen and oxygen atoms in total. The largest absolute Gasteiger partial charge is 1.00 e. The molecule has 0 heterocycles. The molecule has 0 saturated carbocycles. The molecule has 0 N–H and O–H groups in total. The molecule has 0 spiro atoms. The van der Waals surface area contributed by atoms with Crippen molar-refractivity contribution in [2.75, 3.05) is 0 Å². The van der Waals surface area contributed by atoms with E-state index in [1.165, 1.54) is 0 Å². The van der Waals surface area contributed by atoms with E-state index in [-0.39, 0.29) is 44.8 Å². The summed E-state index contributed by atoms with van der Waals surface area (Å²) in [6, 6.07) is 0. The van der Waals surface area contributed by atoms with Crippen LogP contribution in [0.15, 0.2) is 0 Å². The molecule has 34 valence electrons. The first-order valence-corrected chi connectivity index (χ1v) is 4.98. The summed E-state index contributed by atoms with van der Waals surface area (Å²) in [5.41, 5.74) is 0. The van der Waals surface area contributed by atoms with Crippen LogP contribution in [0.5, 0.6) is 0 Å². The Labute approximate surface area is 76.4 Å². The third kappa shape index (κ3) is 8.83. The van der Waals surface area contributed by atoms with Crippen LogP contribution in [-0.2, 0) is 44.8 Å². The van der Waals surface area contributed by atoms with Gasteiger partial charge in [-0.2, -0.15) is 0 Å². The first-order valence-electron chi connectivity index (χ1n) is 0.143. The summed E-state index contributed by atoms with van der Waals surface area (Å²) in [7, 11) is 0. The van der Waals surface area contributed by atoms with Gasteiger partial charge in [0.15, 0.2) is 0 Å². The van der Waals surface area contributed by atoms with Crippen LogP contribution in [-0.4, -0.2) is 0 Å². The Morgan fingerprint density at radius 1 is 1.00 bits per heavy atom. The van der Waals surface area contributed by atoms with E-state index in [1.807, 2.05) is 20.4 Å². The summed E-state index contributed by atoms with van der Waals surface area (Å²) in [6.45, 7) is 0. The Hall–Kier alpha value is 2.69. The summed E-state index contributed by atoms with van der Waals surface area (Å²) in [6.07, 6.45) is 0. The van der Waals surface area contributed by atoms with Crippen molar-refractivity contribution in [3.05, 3.63) is 0 Å². The van der Waals surface area contributed by atoms with E-state index in [1.54, 1.807) is 0 Å². The predicted octanol–water partition coefficient (Wildman–Crippen LogP) is 1.73. The maximum absolute atomic E-state index is 2.91. The first kappa shape index (κ1) is 15.9. The smallest absolute Gasteiger partial charge is 0.00711 e. The monoisotopic (exact) mass is 420 g/mol. The van der Waals surface area contributed by atoms with Gasteiger partial charge in [0.2, 0.25) is 0 Å². The van der Waals surface area contributed by atoms with Gasteiger partial charge in [-0.1, -0.05) is 0 Å². The molecule has 0 rings (SSSR count). The number of hydrogen-bond acceptors (Lipinski definition) is 0. The Balaban J connectivity index is -0.00000000500. The molecule has 0 aliphatic carbocycles. The third-order valence-corrected chi connectivity index (χ3v) is 0. The van der Waals surface area contributed by atoms with Crippen molar-refractivity contribution in [1.29, 1.82) is 0 Å². The van der Waals surface area contributed by atoms with Crippen LogP contribution in [0.3, 0.4) is 0 Å². The molecule has 0 atom stereocenters. The quantitative estimate of drug-likeness (QED) is 0.412. The van der Waals surface area contributed by atoms with E-state index in [2.05, 4.69) is 12.7 Å². The fourth-order valence-electron chi connectivity index (χ4n) is 0. The molecule has 0 aromatic carbocycles. The summed E-state index contributed by atoms with van der Waals surface area (Å²) in [5, 5.41) is 0. The van der Waals surface area contributed by atoms with E-state index in [0.717, 1.165) is 0 Å². The zero-order valence-corrected chi connectivity index (χ0v) is 8.07. The second-order valence-electron chi connectivity index (χ2n) is 0. The van der Waals surface area contributed by atoms with Gasteiger partial charge in [-0.15, -0.1) is 0 Å². The van der Waals surface area contributed by atoms with Crippen LogP contribution in [0.2, 0.25) is 0 Å². The van der Waals surface area contributed by atoms with Crippen LogP contribution < -0.4 is 0 Å². The molecule has 0 saturated heterocycles. The Morgan fingerprint density at radius 3 is 1.00 bits per heavy atom. The topological polar surface area (TPSA) is 0 Å². The SMILES string of the molecule is BrI.[Ag+].[Ag+]. The molecule has 0 fully saturated rings. The van der Waals surface area contributed by atoms with Crippen molar-refractivity contribution < 1.29 is 44.8 Å². The fraction of sp³-hybridized carbons (Fsp3) is 0. The van der Waals surface area contributed by atoms with Gasteiger partial charge in [-0.3, -0.25) is 0 Å². The minimum Gasteiger partial charge on any atom is -0.00711 e. The van der Waals surface area contributed by atoms with Gasteiger partial charge in [0.1, 0.15) is 0 Å². The molecule has 0 radical (unpaired) electrons. The van der Waals surface area contributed by atoms with Crippen LogP contribution in [0.25, 0.3) is 0 Å². The molecule has 0 aromatic rings. The minimum absolute atomic E-state index is 0. The molecule has 4 heavy (non-hydrogen) atoms. The van der Waals surface area contributed by atoms with E-state index in [9.17, 15) is 0 Å². The van der Waals surface area contributed by atoms with E-state index in [4.69, 9.17) is 0 Å². The van der Waals surface area contributed by atoms with Gasteiger partial charge in [-0.25, -0.2) is 0 Å². The molecule has 0 aliphatic heterocycles. The number of halogens is 2. The Kier molecular flexibility index (Phi) is 68.8. The van der Waals surface area contributed by atoms with Gasteiger partial charge in [0.05, 0.1) is 0 Å². The minimum atomic E-state index is 0. The zero-order chi connectivity index (χ0) is 2.00. The number of rotatable bonds is 0. The molecular formula is Ag2BrI+2. The van der Waals surface area contributed by atoms with Crippen LogP contribution in [0, 0.1) is 0 Å². The molecule has 4 heteroatoms. The van der Waals surface area contributed by atoms with Crippen molar-refractivity contribution in [3.63, 3.8) is 0 Å². The predicted molar refractivity (Wildman–Crippen MR) is 22.9 cm³/mol. The maximum atomic E-state index is 2.91. The van der Waals surface area contributed by atoms with E-state index in [0.29, 0.717) is 0 Å². The normalized spacial score (nSPS) is 1.50. The first-order chi connectivity index (χ1) is 1.00. The van der Waals surface area contributed by atoms with E-state index < -0.39 is 0 Å². The van der Waals surface area contributed by atoms with Gasteiger partial charge >= 0.3 is 44.8 Å². The molecule has 0 amide bonds. The molecule has 0 bridgehead atoms. The molecule has 0 aromatic heterocycles. The molecular weight excluding hydrogens is 423 g/mol. The van der Waals surface area contributed by atoms with Crippen molar-refractivity contribution in [3.8, 4) is 0 Å². The van der Waals surface area contributed by atoms with Gasteiger partial charge in [0, 0.05) is 20.4 Å². The standard InChI is InChI=1S/2Ag.BrI/c;;1-2/q2*+1;. The fourth-order valence-corrected chi connectivity index (χ4v) is 0. The van der Waals surface area contributed by atoms with Crippen molar-refractivity contribution in [2.45, 2.75) is 0 Å². The zero-order valence-electron chi connectivity index (χ0n) is 1.36. The Bertz CT molecular complexity index is 6.00. The van der Waals surface area contributed by atoms with Gasteiger partial charge < -0.3 is 0 Å². The van der Waals surface area contributed by atoms with Crippen LogP contribution in [0.1, 0.15) is 0 Å². The van der Waals surface area contributed by atoms with Crippen molar-refractivity contribution in [2.24, 2.45) is 0 Å². The molecule has 0 aliphatic rings. The second kappa shape index (κ2) is 17.3. The van der Waals surface area contributed by atoms with Gasteiger partial charge in [-0.05, 0) is 12.7 Å². The third-order valence-electron chi connectivity index (χ3n) is 0. The summed E-state index contributed by atoms with van der Waals surface area (Å²) >= 11 is 4.87. The second-order valence-corrected chi connectivity index (χ2v) is 0. The van der Waals surface area contributed by atoms with Crippen molar-refractivity contribution >= 4 is 33.1 Å². The summed E-state index contributed by atoms with van der Waals surface area (Å²) in [4.78, 5) is 0. The Morgan fingerprint density at radius 2 is 1.00 bits per heavy atom. The van der Waals surface area contributed by atoms with E-state index >= 15 is 0 Å². The van der Waals surface area contributed by atoms with Crippen molar-refractivity contribution in [1.82, 2.24) is 0 Å². The summed E-state index contributed by atoms with van der Waals surface area (Å²) in [5.74, 6) is 0. The average molecular weight is 423 g/mol. The average Bonchev–Trinajstić information content (AvgIpc) is 1.00. The maximum Gasteiger partial charge on any atom is 1.00 e. The molecule has 0 unspecified atom stereocenters. The van der Waals surface area contributed by atoms with Crippen LogP contribution >= 0.6 is 33.1 Å². The van der Waals surface area contributed by atoms with Crippen LogP contribution in [0.4, 0.5) is 0 Å².